The molecule has 2 heteroatoms. The zero-order valence-corrected chi connectivity index (χ0v) is 9.15. The lowest BCUT2D eigenvalue weighted by atomic mass is 9.87. The molecule has 0 atom stereocenters. The number of thiol groups is 1. The Morgan fingerprint density at radius 3 is 2.69 bits per heavy atom. The van der Waals surface area contributed by atoms with Crippen LogP contribution >= 0.6 is 11.4 Å². The summed E-state index contributed by atoms with van der Waals surface area (Å²) < 4.78 is 0. The minimum absolute atomic E-state index is 0.246. The Morgan fingerprint density at radius 1 is 1.23 bits per heavy atom. The van der Waals surface area contributed by atoms with Gasteiger partial charge in [-0.05, 0) is 23.1 Å². The molecule has 1 aromatic carbocycles. The summed E-state index contributed by atoms with van der Waals surface area (Å²) in [5.74, 6) is 0. The third-order valence-electron chi connectivity index (χ3n) is 2.29. The Balaban J connectivity index is 2.45. The quantitative estimate of drug-likeness (QED) is 0.477. The van der Waals surface area contributed by atoms with E-state index in [0.29, 0.717) is 0 Å². The fourth-order valence-corrected chi connectivity index (χ4v) is 2.17. The van der Waals surface area contributed by atoms with Crippen molar-refractivity contribution in [2.75, 3.05) is 5.32 Å². The van der Waals surface area contributed by atoms with Gasteiger partial charge in [0.25, 0.3) is 0 Å². The standard InChI is InChI=1S/C11H15NS/c1-11(2,3)8-4-5-10-9(6-8)12-7-13-10/h4-7,12-13H,1-3H3. The molecular formula is C11H15NS. The molecule has 1 nitrogen and oxygen atoms in total. The van der Waals surface area contributed by atoms with E-state index < -0.39 is 0 Å². The first-order valence-electron chi connectivity index (χ1n) is 4.51. The summed E-state index contributed by atoms with van der Waals surface area (Å²) in [5, 5.41) is 3.28. The normalized spacial score (nSPS) is 14.7. The molecule has 70 valence electrons. The molecule has 0 unspecified atom stereocenters. The van der Waals surface area contributed by atoms with Crippen LogP contribution < -0.4 is 5.32 Å². The Labute approximate surface area is 83.1 Å². The van der Waals surface area contributed by atoms with E-state index in [1.165, 1.54) is 27.5 Å². The molecule has 1 N–H and O–H groups in total. The van der Waals surface area contributed by atoms with Gasteiger partial charge < -0.3 is 5.32 Å². The summed E-state index contributed by atoms with van der Waals surface area (Å²) in [6, 6.07) is 6.70. The number of benzene rings is 1. The molecule has 1 aromatic rings. The fourth-order valence-electron chi connectivity index (χ4n) is 1.40. The highest BCUT2D eigenvalue weighted by Gasteiger charge is 2.15. The van der Waals surface area contributed by atoms with E-state index in [0.717, 1.165) is 0 Å². The predicted molar refractivity (Wildman–Crippen MR) is 62.1 cm³/mol. The van der Waals surface area contributed by atoms with Gasteiger partial charge in [0.05, 0.1) is 5.69 Å². The third kappa shape index (κ3) is 1.63. The summed E-state index contributed by atoms with van der Waals surface area (Å²) in [4.78, 5) is 1.38. The highest BCUT2D eigenvalue weighted by molar-refractivity contribution is 7.98. The van der Waals surface area contributed by atoms with Crippen LogP contribution in [0, 0.1) is 0 Å². The molecule has 0 spiro atoms. The van der Waals surface area contributed by atoms with Crippen molar-refractivity contribution in [3.8, 4) is 0 Å². The van der Waals surface area contributed by atoms with Crippen molar-refractivity contribution in [3.05, 3.63) is 23.8 Å². The Hall–Kier alpha value is -0.760. The van der Waals surface area contributed by atoms with Crippen molar-refractivity contribution >= 4 is 22.5 Å². The van der Waals surface area contributed by atoms with E-state index >= 15 is 0 Å². The second-order valence-electron chi connectivity index (χ2n) is 4.38. The van der Waals surface area contributed by atoms with Crippen LogP contribution in [0.2, 0.25) is 0 Å². The van der Waals surface area contributed by atoms with Gasteiger partial charge in [0.2, 0.25) is 0 Å². The maximum Gasteiger partial charge on any atom is 0.0517 e. The molecule has 1 aliphatic rings. The Kier molecular flexibility index (Phi) is 1.95. The summed E-state index contributed by atoms with van der Waals surface area (Å²) in [5.41, 5.74) is 4.99. The van der Waals surface area contributed by atoms with Gasteiger partial charge in [-0.25, -0.2) is 0 Å². The molecule has 2 rings (SSSR count). The van der Waals surface area contributed by atoms with Crippen molar-refractivity contribution in [3.63, 3.8) is 0 Å². The molecule has 0 fully saturated rings. The summed E-state index contributed by atoms with van der Waals surface area (Å²) >= 11 is 1.29. The van der Waals surface area contributed by atoms with Gasteiger partial charge in [-0.15, -0.1) is 0 Å². The lowest BCUT2D eigenvalue weighted by Gasteiger charge is -2.19. The van der Waals surface area contributed by atoms with Crippen molar-refractivity contribution in [1.82, 2.24) is 0 Å². The molecule has 0 saturated heterocycles. The van der Waals surface area contributed by atoms with Crippen LogP contribution in [-0.4, -0.2) is 5.49 Å². The maximum absolute atomic E-state index is 3.28. The number of fused-ring (bicyclic) bond motifs is 1. The number of hydrogen-bond donors (Lipinski definition) is 2. The number of nitrogens with one attached hydrogen (secondary N) is 1. The van der Waals surface area contributed by atoms with Crippen molar-refractivity contribution in [2.45, 2.75) is 31.1 Å². The lowest BCUT2D eigenvalue weighted by molar-refractivity contribution is 0.590. The van der Waals surface area contributed by atoms with Crippen LogP contribution in [0.25, 0.3) is 0 Å². The van der Waals surface area contributed by atoms with Crippen LogP contribution in [0.1, 0.15) is 26.3 Å². The monoisotopic (exact) mass is 193 g/mol. The summed E-state index contributed by atoms with van der Waals surface area (Å²) in [6.07, 6.45) is 0. The van der Waals surface area contributed by atoms with Crippen LogP contribution in [-0.2, 0) is 5.41 Å². The first-order chi connectivity index (χ1) is 6.07. The number of rotatable bonds is 0. The first kappa shape index (κ1) is 8.82. The molecule has 0 aromatic heterocycles. The minimum atomic E-state index is 0.246. The molecule has 1 aliphatic heterocycles. The summed E-state index contributed by atoms with van der Waals surface area (Å²) in [6.45, 7) is 6.72. The van der Waals surface area contributed by atoms with E-state index in [4.69, 9.17) is 0 Å². The van der Waals surface area contributed by atoms with E-state index in [1.54, 1.807) is 0 Å². The van der Waals surface area contributed by atoms with Gasteiger partial charge in [-0.3, -0.25) is 0 Å². The van der Waals surface area contributed by atoms with Gasteiger partial charge >= 0.3 is 0 Å². The lowest BCUT2D eigenvalue weighted by Crippen LogP contribution is -2.11. The van der Waals surface area contributed by atoms with Crippen molar-refractivity contribution < 1.29 is 0 Å². The van der Waals surface area contributed by atoms with E-state index in [2.05, 4.69) is 49.8 Å². The van der Waals surface area contributed by atoms with Gasteiger partial charge in [0.15, 0.2) is 0 Å². The summed E-state index contributed by atoms with van der Waals surface area (Å²) in [7, 11) is 0. The highest BCUT2D eigenvalue weighted by Crippen LogP contribution is 2.32. The fraction of sp³-hybridized carbons (Fsp3) is 0.364. The molecule has 13 heavy (non-hydrogen) atoms. The number of anilines is 1. The molecule has 0 radical (unpaired) electrons. The molecule has 0 saturated carbocycles. The predicted octanol–water partition coefficient (Wildman–Crippen LogP) is 2.99. The van der Waals surface area contributed by atoms with E-state index in [-0.39, 0.29) is 5.41 Å². The Morgan fingerprint density at radius 2 is 2.00 bits per heavy atom. The van der Waals surface area contributed by atoms with Gasteiger partial charge in [0.1, 0.15) is 0 Å². The SMILES string of the molecule is CC(C)(C)c1ccc2c(c1)NC=[SH]2. The van der Waals surface area contributed by atoms with Gasteiger partial charge in [0, 0.05) is 10.4 Å². The van der Waals surface area contributed by atoms with Crippen LogP contribution in [0.15, 0.2) is 23.1 Å². The van der Waals surface area contributed by atoms with Crippen LogP contribution in [0.3, 0.4) is 0 Å². The van der Waals surface area contributed by atoms with E-state index in [9.17, 15) is 0 Å². The van der Waals surface area contributed by atoms with Crippen molar-refractivity contribution in [1.29, 1.82) is 0 Å². The third-order valence-corrected chi connectivity index (χ3v) is 3.21. The van der Waals surface area contributed by atoms with Crippen molar-refractivity contribution in [2.24, 2.45) is 0 Å². The van der Waals surface area contributed by atoms with Gasteiger partial charge in [-0.1, -0.05) is 26.8 Å². The number of hydrogen-bond acceptors (Lipinski definition) is 1. The average Bonchev–Trinajstić information content (AvgIpc) is 2.47. The molecule has 0 amide bonds. The topological polar surface area (TPSA) is 12.0 Å². The molecular weight excluding hydrogens is 178 g/mol. The average molecular weight is 193 g/mol. The van der Waals surface area contributed by atoms with E-state index in [1.807, 2.05) is 0 Å². The smallest absolute Gasteiger partial charge is 0.0517 e. The molecule has 1 heterocycles. The maximum atomic E-state index is 3.28. The Bertz CT molecular complexity index is 361. The zero-order valence-electron chi connectivity index (χ0n) is 8.26. The minimum Gasteiger partial charge on any atom is -0.356 e. The van der Waals surface area contributed by atoms with Crippen LogP contribution in [0.5, 0.6) is 0 Å². The molecule has 0 bridgehead atoms. The van der Waals surface area contributed by atoms with Crippen LogP contribution in [0.4, 0.5) is 5.69 Å². The second kappa shape index (κ2) is 2.88. The van der Waals surface area contributed by atoms with Gasteiger partial charge in [-0.2, -0.15) is 11.4 Å². The first-order valence-corrected chi connectivity index (χ1v) is 5.47. The highest BCUT2D eigenvalue weighted by atomic mass is 32.1. The largest absolute Gasteiger partial charge is 0.356 e. The second-order valence-corrected chi connectivity index (χ2v) is 5.38. The molecule has 0 aliphatic carbocycles. The zero-order chi connectivity index (χ0) is 9.47.